The zero-order valence-corrected chi connectivity index (χ0v) is 40.5. The Morgan fingerprint density at radius 3 is 1.08 bits per heavy atom. The molecule has 0 aliphatic rings. The smallest absolute Gasteiger partial charge is 0.463 e. The van der Waals surface area contributed by atoms with Crippen LogP contribution >= 0.6 is 15.6 Å². The summed E-state index contributed by atoms with van der Waals surface area (Å²) in [5, 5.41) is 30.0. The molecule has 0 bridgehead atoms. The molecule has 5 unspecified atom stereocenters. The van der Waals surface area contributed by atoms with Gasteiger partial charge in [0.2, 0.25) is 0 Å². The third-order valence-electron chi connectivity index (χ3n) is 9.18. The first-order chi connectivity index (χ1) is 30.8. The monoisotopic (exact) mass is 949 g/mol. The van der Waals surface area contributed by atoms with Gasteiger partial charge in [-0.3, -0.25) is 27.7 Å². The second kappa shape index (κ2) is 43.1. The first-order valence-corrected chi connectivity index (χ1v) is 26.3. The van der Waals surface area contributed by atoms with Crippen LogP contribution in [0.3, 0.4) is 0 Å². The Labute approximate surface area is 383 Å². The molecule has 0 saturated heterocycles. The summed E-state index contributed by atoms with van der Waals surface area (Å²) in [6.07, 6.45) is 41.9. The SMILES string of the molecule is CC/C=C\C/C=C\C/C=C\C/C=C\C/C=C\C/C=C\CCCCC(=O)OCC(O)COP(=O)(O)OCC(O)COP(=O)(O)OCC(O)COC(=O)CCCCCCCCCCCCC. The molecule has 5 atom stereocenters. The molecule has 17 heteroatoms. The molecule has 0 amide bonds. The third kappa shape index (κ3) is 44.7. The Kier molecular flexibility index (Phi) is 41.4. The lowest BCUT2D eigenvalue weighted by Crippen LogP contribution is -2.25. The number of unbranched alkanes of at least 4 members (excludes halogenated alkanes) is 12. The second-order valence-corrected chi connectivity index (χ2v) is 18.3. The van der Waals surface area contributed by atoms with Gasteiger partial charge >= 0.3 is 27.6 Å². The van der Waals surface area contributed by atoms with Crippen molar-refractivity contribution in [3.05, 3.63) is 72.9 Å². The summed E-state index contributed by atoms with van der Waals surface area (Å²) in [5.41, 5.74) is 0. The van der Waals surface area contributed by atoms with Crippen LogP contribution in [0.25, 0.3) is 0 Å². The molecule has 0 radical (unpaired) electrons. The zero-order chi connectivity index (χ0) is 47.4. The van der Waals surface area contributed by atoms with Gasteiger partial charge in [0.15, 0.2) is 0 Å². The van der Waals surface area contributed by atoms with Crippen molar-refractivity contribution in [2.24, 2.45) is 0 Å². The van der Waals surface area contributed by atoms with Gasteiger partial charge < -0.3 is 34.6 Å². The Balaban J connectivity index is 3.96. The van der Waals surface area contributed by atoms with Crippen LogP contribution < -0.4 is 0 Å². The molecule has 0 aromatic carbocycles. The van der Waals surface area contributed by atoms with E-state index in [1.807, 2.05) is 0 Å². The minimum absolute atomic E-state index is 0.138. The predicted octanol–water partition coefficient (Wildman–Crippen LogP) is 10.4. The van der Waals surface area contributed by atoms with Crippen molar-refractivity contribution < 1.29 is 71.4 Å². The highest BCUT2D eigenvalue weighted by Gasteiger charge is 2.28. The van der Waals surface area contributed by atoms with Gasteiger partial charge in [-0.25, -0.2) is 9.13 Å². The lowest BCUT2D eigenvalue weighted by molar-refractivity contribution is -0.148. The van der Waals surface area contributed by atoms with E-state index in [0.29, 0.717) is 12.8 Å². The molecule has 0 heterocycles. The largest absolute Gasteiger partial charge is 0.472 e. The summed E-state index contributed by atoms with van der Waals surface area (Å²) in [6.45, 7) is 0.223. The summed E-state index contributed by atoms with van der Waals surface area (Å²) in [6, 6.07) is 0. The molecule has 0 aromatic heterocycles. The molecule has 370 valence electrons. The Morgan fingerprint density at radius 2 is 0.719 bits per heavy atom. The normalized spacial score (nSPS) is 15.8. The van der Waals surface area contributed by atoms with Crippen molar-refractivity contribution in [1.29, 1.82) is 0 Å². The fourth-order valence-corrected chi connectivity index (χ4v) is 7.16. The average molecular weight is 949 g/mol. The van der Waals surface area contributed by atoms with Crippen LogP contribution in [0.4, 0.5) is 0 Å². The van der Waals surface area contributed by atoms with Gasteiger partial charge in [0.1, 0.15) is 31.5 Å². The minimum Gasteiger partial charge on any atom is -0.463 e. The van der Waals surface area contributed by atoms with Crippen molar-refractivity contribution in [2.45, 2.75) is 173 Å². The lowest BCUT2D eigenvalue weighted by Gasteiger charge is -2.19. The van der Waals surface area contributed by atoms with Crippen molar-refractivity contribution in [1.82, 2.24) is 0 Å². The van der Waals surface area contributed by atoms with Crippen LogP contribution in [0.15, 0.2) is 72.9 Å². The minimum atomic E-state index is -4.80. The van der Waals surface area contributed by atoms with E-state index in [-0.39, 0.29) is 12.8 Å². The second-order valence-electron chi connectivity index (χ2n) is 15.4. The summed E-state index contributed by atoms with van der Waals surface area (Å²) in [7, 11) is -9.58. The van der Waals surface area contributed by atoms with Gasteiger partial charge in [-0.1, -0.05) is 151 Å². The van der Waals surface area contributed by atoms with Gasteiger partial charge in [0.05, 0.1) is 26.4 Å². The van der Waals surface area contributed by atoms with Crippen molar-refractivity contribution in [3.8, 4) is 0 Å². The number of esters is 2. The molecule has 0 aliphatic carbocycles. The van der Waals surface area contributed by atoms with Crippen LogP contribution in [0, 0.1) is 0 Å². The summed E-state index contributed by atoms with van der Waals surface area (Å²) in [5.74, 6) is -1.04. The molecule has 0 saturated carbocycles. The maximum absolute atomic E-state index is 12.1. The standard InChI is InChI=1S/C47H82O15P2/c1-3-5-7-9-11-13-15-16-17-18-19-20-21-22-23-24-26-28-30-32-34-36-47(52)58-38-44(49)40-60-64(55,56)62-42-45(50)41-61-63(53,54)59-39-43(48)37-57-46(51)35-33-31-29-27-25-14-12-10-8-6-4-2/h5,7,11,13,16-17,19-20,22-23,26,28,43-45,48-50H,3-4,6,8-10,12,14-15,18,21,24-25,27,29-42H2,1-2H3,(H,53,54)(H,55,56)/b7-5-,13-11-,17-16-,20-19-,23-22-,28-26-. The van der Waals surface area contributed by atoms with Gasteiger partial charge in [-0.2, -0.15) is 0 Å². The van der Waals surface area contributed by atoms with Crippen LogP contribution in [-0.4, -0.2) is 95.0 Å². The highest BCUT2D eigenvalue weighted by molar-refractivity contribution is 7.47. The van der Waals surface area contributed by atoms with E-state index in [1.54, 1.807) is 0 Å². The highest BCUT2D eigenvalue weighted by Crippen LogP contribution is 2.45. The molecule has 0 aromatic rings. The summed E-state index contributed by atoms with van der Waals surface area (Å²) in [4.78, 5) is 43.7. The Hall–Kier alpha value is -2.52. The zero-order valence-electron chi connectivity index (χ0n) is 38.7. The quantitative estimate of drug-likeness (QED) is 0.0166. The van der Waals surface area contributed by atoms with Crippen molar-refractivity contribution in [2.75, 3.05) is 39.6 Å². The van der Waals surface area contributed by atoms with Crippen LogP contribution in [0.2, 0.25) is 0 Å². The molecular weight excluding hydrogens is 866 g/mol. The van der Waals surface area contributed by atoms with E-state index in [4.69, 9.17) is 9.47 Å². The number of ether oxygens (including phenoxy) is 2. The average Bonchev–Trinajstić information content (AvgIpc) is 3.27. The molecule has 0 aliphatic heterocycles. The van der Waals surface area contributed by atoms with Crippen LogP contribution in [-0.2, 0) is 46.3 Å². The van der Waals surface area contributed by atoms with E-state index in [0.717, 1.165) is 70.6 Å². The number of allylic oxidation sites excluding steroid dienone is 12. The lowest BCUT2D eigenvalue weighted by atomic mass is 10.1. The van der Waals surface area contributed by atoms with Crippen molar-refractivity contribution in [3.63, 3.8) is 0 Å². The molecule has 0 rings (SSSR count). The number of aliphatic hydroxyl groups is 3. The van der Waals surface area contributed by atoms with E-state index >= 15 is 0 Å². The van der Waals surface area contributed by atoms with Crippen LogP contribution in [0.1, 0.15) is 155 Å². The van der Waals surface area contributed by atoms with E-state index in [2.05, 4.69) is 105 Å². The van der Waals surface area contributed by atoms with E-state index in [1.165, 1.54) is 44.9 Å². The van der Waals surface area contributed by atoms with Gasteiger partial charge in [-0.05, 0) is 64.2 Å². The molecule has 15 nitrogen and oxygen atoms in total. The van der Waals surface area contributed by atoms with Crippen molar-refractivity contribution >= 4 is 27.6 Å². The molecular formula is C47H82O15P2. The topological polar surface area (TPSA) is 225 Å². The molecule has 5 N–H and O–H groups in total. The fraction of sp³-hybridized carbons (Fsp3) is 0.702. The number of carbonyl (C=O) groups excluding carboxylic acids is 2. The van der Waals surface area contributed by atoms with E-state index in [9.17, 15) is 43.8 Å². The molecule has 64 heavy (non-hydrogen) atoms. The number of hydrogen-bond acceptors (Lipinski definition) is 13. The van der Waals surface area contributed by atoms with Gasteiger partial charge in [-0.15, -0.1) is 0 Å². The molecule has 0 fully saturated rings. The van der Waals surface area contributed by atoms with E-state index < -0.39 is 85.5 Å². The fourth-order valence-electron chi connectivity index (χ4n) is 5.57. The predicted molar refractivity (Wildman–Crippen MR) is 251 cm³/mol. The number of hydrogen-bond donors (Lipinski definition) is 5. The highest BCUT2D eigenvalue weighted by atomic mass is 31.2. The number of aliphatic hydroxyl groups excluding tert-OH is 3. The number of carbonyl (C=O) groups is 2. The number of rotatable bonds is 44. The van der Waals surface area contributed by atoms with Gasteiger partial charge in [0.25, 0.3) is 0 Å². The first-order valence-electron chi connectivity index (χ1n) is 23.3. The maximum atomic E-state index is 12.1. The van der Waals surface area contributed by atoms with Gasteiger partial charge in [0, 0.05) is 12.8 Å². The Bertz CT molecular complexity index is 1430. The first kappa shape index (κ1) is 61.5. The number of phosphoric acid groups is 2. The van der Waals surface area contributed by atoms with Crippen LogP contribution in [0.5, 0.6) is 0 Å². The third-order valence-corrected chi connectivity index (χ3v) is 11.1. The maximum Gasteiger partial charge on any atom is 0.472 e. The Morgan fingerprint density at radius 1 is 0.422 bits per heavy atom. The summed E-state index contributed by atoms with van der Waals surface area (Å²) < 4.78 is 52.9. The number of phosphoric ester groups is 2. The molecule has 0 spiro atoms. The summed E-state index contributed by atoms with van der Waals surface area (Å²) >= 11 is 0.